The highest BCUT2D eigenvalue weighted by atomic mass is 79.9. The number of carbonyl (C=O) groups excluding carboxylic acids is 2. The Balaban J connectivity index is 2.35. The number of rotatable bonds is 5. The number of hydrogen-bond donors (Lipinski definition) is 1. The van der Waals surface area contributed by atoms with E-state index in [1.54, 1.807) is 25.1 Å². The molecule has 1 saturated heterocycles. The lowest BCUT2D eigenvalue weighted by Crippen LogP contribution is -2.27. The Morgan fingerprint density at radius 1 is 1.45 bits per heavy atom. The van der Waals surface area contributed by atoms with E-state index in [2.05, 4.69) is 22.5 Å². The van der Waals surface area contributed by atoms with Crippen LogP contribution in [0, 0.1) is 0 Å². The van der Waals surface area contributed by atoms with Gasteiger partial charge in [0.25, 0.3) is 11.1 Å². The molecule has 1 aliphatic rings. The van der Waals surface area contributed by atoms with Crippen LogP contribution in [0.4, 0.5) is 4.79 Å². The number of hydrogen-bond acceptors (Lipinski definition) is 5. The Morgan fingerprint density at radius 2 is 2.18 bits per heavy atom. The van der Waals surface area contributed by atoms with Crippen molar-refractivity contribution < 1.29 is 19.4 Å². The predicted octanol–water partition coefficient (Wildman–Crippen LogP) is 3.78. The lowest BCUT2D eigenvalue weighted by atomic mass is 10.2. The van der Waals surface area contributed by atoms with Crippen LogP contribution in [0.1, 0.15) is 12.5 Å². The van der Waals surface area contributed by atoms with Crippen LogP contribution in [0.2, 0.25) is 0 Å². The van der Waals surface area contributed by atoms with Crippen LogP contribution in [-0.2, 0) is 4.79 Å². The third-order valence-corrected chi connectivity index (χ3v) is 4.35. The number of thioether (sulfide) groups is 1. The number of imide groups is 1. The number of aromatic hydroxyl groups is 1. The molecule has 1 aromatic rings. The number of carbonyl (C=O) groups is 2. The minimum Gasteiger partial charge on any atom is -0.503 e. The van der Waals surface area contributed by atoms with Crippen molar-refractivity contribution in [3.05, 3.63) is 39.7 Å². The van der Waals surface area contributed by atoms with E-state index < -0.39 is 0 Å². The molecule has 0 saturated carbocycles. The number of phenolic OH excluding ortho intramolecular Hbond substituents is 1. The Bertz CT molecular complexity index is 672. The van der Waals surface area contributed by atoms with Crippen molar-refractivity contribution in [2.75, 3.05) is 13.2 Å². The van der Waals surface area contributed by atoms with Crippen molar-refractivity contribution in [2.24, 2.45) is 0 Å². The molecule has 1 N–H and O–H groups in total. The molecule has 1 aromatic carbocycles. The highest BCUT2D eigenvalue weighted by Crippen LogP contribution is 2.38. The van der Waals surface area contributed by atoms with Gasteiger partial charge in [0.15, 0.2) is 11.5 Å². The SMILES string of the molecule is C=CCN1C(=O)S/C(=C/c2cc(Br)c(O)c(OCC)c2)C1=O. The van der Waals surface area contributed by atoms with Crippen molar-refractivity contribution in [3.63, 3.8) is 0 Å². The van der Waals surface area contributed by atoms with Crippen LogP contribution in [0.15, 0.2) is 34.2 Å². The topological polar surface area (TPSA) is 66.8 Å². The van der Waals surface area contributed by atoms with Gasteiger partial charge in [0, 0.05) is 6.54 Å². The number of amides is 2. The minimum absolute atomic E-state index is 0.00115. The summed E-state index contributed by atoms with van der Waals surface area (Å²) in [5.41, 5.74) is 0.650. The van der Waals surface area contributed by atoms with Crippen LogP contribution in [-0.4, -0.2) is 34.3 Å². The molecule has 5 nitrogen and oxygen atoms in total. The maximum absolute atomic E-state index is 12.1. The van der Waals surface area contributed by atoms with E-state index in [9.17, 15) is 14.7 Å². The van der Waals surface area contributed by atoms with Crippen LogP contribution < -0.4 is 4.74 Å². The largest absolute Gasteiger partial charge is 0.503 e. The summed E-state index contributed by atoms with van der Waals surface area (Å²) < 4.78 is 5.79. The van der Waals surface area contributed by atoms with Crippen molar-refractivity contribution in [3.8, 4) is 11.5 Å². The minimum atomic E-state index is -0.350. The van der Waals surface area contributed by atoms with Gasteiger partial charge in [-0.25, -0.2) is 0 Å². The fraction of sp³-hybridized carbons (Fsp3) is 0.200. The lowest BCUT2D eigenvalue weighted by Gasteiger charge is -2.09. The zero-order chi connectivity index (χ0) is 16.3. The summed E-state index contributed by atoms with van der Waals surface area (Å²) in [5, 5.41) is 9.56. The van der Waals surface area contributed by atoms with Gasteiger partial charge in [0.1, 0.15) is 0 Å². The second-order valence-corrected chi connectivity index (χ2v) is 6.21. The zero-order valence-electron chi connectivity index (χ0n) is 11.8. The van der Waals surface area contributed by atoms with E-state index in [0.717, 1.165) is 16.7 Å². The molecule has 0 aliphatic carbocycles. The lowest BCUT2D eigenvalue weighted by molar-refractivity contribution is -0.122. The summed E-state index contributed by atoms with van der Waals surface area (Å²) in [6.45, 7) is 5.92. The van der Waals surface area contributed by atoms with Gasteiger partial charge in [-0.05, 0) is 58.4 Å². The highest BCUT2D eigenvalue weighted by molar-refractivity contribution is 9.10. The molecule has 116 valence electrons. The molecule has 1 heterocycles. The van der Waals surface area contributed by atoms with E-state index in [4.69, 9.17) is 4.74 Å². The summed E-state index contributed by atoms with van der Waals surface area (Å²) in [5.74, 6) is -0.0377. The number of ether oxygens (including phenoxy) is 1. The van der Waals surface area contributed by atoms with Gasteiger partial charge < -0.3 is 9.84 Å². The Labute approximate surface area is 140 Å². The zero-order valence-corrected chi connectivity index (χ0v) is 14.2. The third-order valence-electron chi connectivity index (χ3n) is 2.83. The monoisotopic (exact) mass is 383 g/mol. The molecule has 0 unspecified atom stereocenters. The normalized spacial score (nSPS) is 16.5. The maximum Gasteiger partial charge on any atom is 0.293 e. The van der Waals surface area contributed by atoms with Crippen molar-refractivity contribution in [1.29, 1.82) is 0 Å². The first-order valence-corrected chi connectivity index (χ1v) is 8.10. The van der Waals surface area contributed by atoms with Crippen molar-refractivity contribution >= 4 is 44.9 Å². The van der Waals surface area contributed by atoms with Crippen LogP contribution in [0.3, 0.4) is 0 Å². The standard InChI is InChI=1S/C15H14BrNO4S/c1-3-5-17-14(19)12(22-15(17)20)8-9-6-10(16)13(18)11(7-9)21-4-2/h3,6-8,18H,1,4-5H2,2H3/b12-8+. The summed E-state index contributed by atoms with van der Waals surface area (Å²) in [6, 6.07) is 3.27. The predicted molar refractivity (Wildman–Crippen MR) is 89.8 cm³/mol. The van der Waals surface area contributed by atoms with Crippen LogP contribution in [0.5, 0.6) is 11.5 Å². The Morgan fingerprint density at radius 3 is 2.82 bits per heavy atom. The second kappa shape index (κ2) is 7.02. The molecule has 2 amide bonds. The molecular weight excluding hydrogens is 370 g/mol. The quantitative estimate of drug-likeness (QED) is 0.618. The van der Waals surface area contributed by atoms with E-state index >= 15 is 0 Å². The molecule has 7 heteroatoms. The molecule has 2 rings (SSSR count). The van der Waals surface area contributed by atoms with E-state index in [-0.39, 0.29) is 23.4 Å². The van der Waals surface area contributed by atoms with Gasteiger partial charge in [0.2, 0.25) is 0 Å². The van der Waals surface area contributed by atoms with Gasteiger partial charge in [-0.3, -0.25) is 14.5 Å². The average molecular weight is 384 g/mol. The van der Waals surface area contributed by atoms with Gasteiger partial charge in [0.05, 0.1) is 16.0 Å². The van der Waals surface area contributed by atoms with Gasteiger partial charge >= 0.3 is 0 Å². The van der Waals surface area contributed by atoms with Crippen molar-refractivity contribution in [2.45, 2.75) is 6.92 Å². The van der Waals surface area contributed by atoms with E-state index in [1.807, 2.05) is 0 Å². The number of nitrogens with zero attached hydrogens (tertiary/aromatic N) is 1. The van der Waals surface area contributed by atoms with Crippen molar-refractivity contribution in [1.82, 2.24) is 4.90 Å². The molecule has 0 atom stereocenters. The molecule has 0 bridgehead atoms. The number of halogens is 1. The molecule has 1 fully saturated rings. The molecule has 22 heavy (non-hydrogen) atoms. The summed E-state index contributed by atoms with van der Waals surface area (Å²) in [4.78, 5) is 25.4. The Kier molecular flexibility index (Phi) is 5.31. The maximum atomic E-state index is 12.1. The second-order valence-electron chi connectivity index (χ2n) is 4.36. The first-order valence-electron chi connectivity index (χ1n) is 6.49. The summed E-state index contributed by atoms with van der Waals surface area (Å²) >= 11 is 4.12. The highest BCUT2D eigenvalue weighted by Gasteiger charge is 2.34. The molecule has 1 aliphatic heterocycles. The van der Waals surface area contributed by atoms with E-state index in [1.165, 1.54) is 6.08 Å². The fourth-order valence-corrected chi connectivity index (χ4v) is 3.19. The number of benzene rings is 1. The average Bonchev–Trinajstić information content (AvgIpc) is 2.72. The van der Waals surface area contributed by atoms with Gasteiger partial charge in [-0.2, -0.15) is 0 Å². The molecule has 0 spiro atoms. The first kappa shape index (κ1) is 16.6. The smallest absolute Gasteiger partial charge is 0.293 e. The third kappa shape index (κ3) is 3.36. The molecule has 0 radical (unpaired) electrons. The van der Waals surface area contributed by atoms with Gasteiger partial charge in [-0.1, -0.05) is 6.08 Å². The summed E-state index contributed by atoms with van der Waals surface area (Å²) in [7, 11) is 0. The van der Waals surface area contributed by atoms with E-state index in [0.29, 0.717) is 27.3 Å². The first-order chi connectivity index (χ1) is 10.5. The fourth-order valence-electron chi connectivity index (χ4n) is 1.88. The summed E-state index contributed by atoms with van der Waals surface area (Å²) in [6.07, 6.45) is 3.10. The number of phenols is 1. The molecule has 0 aromatic heterocycles. The van der Waals surface area contributed by atoms with Crippen LogP contribution >= 0.6 is 27.7 Å². The van der Waals surface area contributed by atoms with Gasteiger partial charge in [-0.15, -0.1) is 6.58 Å². The van der Waals surface area contributed by atoms with Crippen LogP contribution in [0.25, 0.3) is 6.08 Å². The molecular formula is C15H14BrNO4S. The Hall–Kier alpha value is -1.73.